The molecule has 0 radical (unpaired) electrons. The van der Waals surface area contributed by atoms with E-state index in [0.717, 1.165) is 30.7 Å². The second-order valence-electron chi connectivity index (χ2n) is 7.05. The quantitative estimate of drug-likeness (QED) is 0.746. The maximum Gasteiger partial charge on any atom is 0.0591 e. The van der Waals surface area contributed by atoms with Crippen molar-refractivity contribution in [3.63, 3.8) is 0 Å². The van der Waals surface area contributed by atoms with Crippen molar-refractivity contribution in [2.75, 3.05) is 0 Å². The van der Waals surface area contributed by atoms with Gasteiger partial charge in [-0.1, -0.05) is 6.42 Å². The van der Waals surface area contributed by atoms with Gasteiger partial charge in [-0.05, 0) is 71.1 Å². The fraction of sp³-hybridized carbons (Fsp3) is 1.00. The van der Waals surface area contributed by atoms with Crippen molar-refractivity contribution in [3.05, 3.63) is 0 Å². The van der Waals surface area contributed by atoms with Gasteiger partial charge < -0.3 is 10.4 Å². The molecule has 0 aromatic heterocycles. The summed E-state index contributed by atoms with van der Waals surface area (Å²) in [5.74, 6) is 2.00. The molecule has 4 atom stereocenters. The predicted molar refractivity (Wildman–Crippen MR) is 72.0 cm³/mol. The second-order valence-corrected chi connectivity index (χ2v) is 7.05. The smallest absolute Gasteiger partial charge is 0.0591 e. The van der Waals surface area contributed by atoms with E-state index in [4.69, 9.17) is 0 Å². The first kappa shape index (κ1) is 13.4. The van der Waals surface area contributed by atoms with Gasteiger partial charge in [-0.15, -0.1) is 0 Å². The van der Waals surface area contributed by atoms with E-state index in [2.05, 4.69) is 12.2 Å². The SMILES string of the molecule is C[C@H](CCCC(C)(C)O)N[C@@H]1C[C@H]2CC[C@H]1C2. The lowest BCUT2D eigenvalue weighted by Crippen LogP contribution is -2.40. The van der Waals surface area contributed by atoms with E-state index in [1.165, 1.54) is 32.1 Å². The molecule has 0 aromatic rings. The van der Waals surface area contributed by atoms with Crippen LogP contribution in [0.15, 0.2) is 0 Å². The normalized spacial score (nSPS) is 34.2. The summed E-state index contributed by atoms with van der Waals surface area (Å²) in [6.07, 6.45) is 9.06. The highest BCUT2D eigenvalue weighted by Gasteiger charge is 2.39. The molecular weight excluding hydrogens is 210 g/mol. The lowest BCUT2D eigenvalue weighted by atomic mass is 9.94. The third-order valence-electron chi connectivity index (χ3n) is 4.66. The van der Waals surface area contributed by atoms with Crippen molar-refractivity contribution in [2.24, 2.45) is 11.8 Å². The van der Waals surface area contributed by atoms with Gasteiger partial charge in [-0.25, -0.2) is 0 Å². The molecule has 0 spiro atoms. The molecule has 0 unspecified atom stereocenters. The first-order valence-electron chi connectivity index (χ1n) is 7.42. The summed E-state index contributed by atoms with van der Waals surface area (Å²) >= 11 is 0. The van der Waals surface area contributed by atoms with E-state index in [0.29, 0.717) is 6.04 Å². The van der Waals surface area contributed by atoms with Crippen molar-refractivity contribution < 1.29 is 5.11 Å². The number of hydrogen-bond donors (Lipinski definition) is 2. The van der Waals surface area contributed by atoms with Crippen LogP contribution in [0.2, 0.25) is 0 Å². The molecule has 2 fully saturated rings. The monoisotopic (exact) mass is 239 g/mol. The molecule has 2 aliphatic carbocycles. The summed E-state index contributed by atoms with van der Waals surface area (Å²) < 4.78 is 0. The molecule has 0 aromatic carbocycles. The van der Waals surface area contributed by atoms with E-state index in [1.807, 2.05) is 13.8 Å². The summed E-state index contributed by atoms with van der Waals surface area (Å²) in [6.45, 7) is 6.11. The molecule has 2 saturated carbocycles. The first-order chi connectivity index (χ1) is 7.94. The summed E-state index contributed by atoms with van der Waals surface area (Å²) in [5.41, 5.74) is -0.494. The zero-order valence-corrected chi connectivity index (χ0v) is 11.7. The fourth-order valence-electron chi connectivity index (χ4n) is 3.74. The second kappa shape index (κ2) is 5.27. The van der Waals surface area contributed by atoms with Crippen LogP contribution in [0.5, 0.6) is 0 Å². The number of rotatable bonds is 6. The number of fused-ring (bicyclic) bond motifs is 2. The van der Waals surface area contributed by atoms with Gasteiger partial charge in [0.25, 0.3) is 0 Å². The molecule has 0 heterocycles. The van der Waals surface area contributed by atoms with Gasteiger partial charge in [0.15, 0.2) is 0 Å². The van der Waals surface area contributed by atoms with Crippen LogP contribution < -0.4 is 5.32 Å². The van der Waals surface area contributed by atoms with Crippen LogP contribution in [0.25, 0.3) is 0 Å². The van der Waals surface area contributed by atoms with Crippen LogP contribution in [0.4, 0.5) is 0 Å². The Morgan fingerprint density at radius 2 is 2.06 bits per heavy atom. The fourth-order valence-corrected chi connectivity index (χ4v) is 3.74. The van der Waals surface area contributed by atoms with Crippen molar-refractivity contribution >= 4 is 0 Å². The predicted octanol–water partition coefficient (Wildman–Crippen LogP) is 3.09. The van der Waals surface area contributed by atoms with Crippen molar-refractivity contribution in [3.8, 4) is 0 Å². The maximum absolute atomic E-state index is 9.68. The van der Waals surface area contributed by atoms with E-state index in [9.17, 15) is 5.11 Å². The van der Waals surface area contributed by atoms with Crippen LogP contribution >= 0.6 is 0 Å². The molecule has 17 heavy (non-hydrogen) atoms. The highest BCUT2D eigenvalue weighted by molar-refractivity contribution is 4.94. The summed E-state index contributed by atoms with van der Waals surface area (Å²) in [7, 11) is 0. The Morgan fingerprint density at radius 1 is 1.29 bits per heavy atom. The Morgan fingerprint density at radius 3 is 2.59 bits per heavy atom. The molecule has 2 aliphatic rings. The van der Waals surface area contributed by atoms with Crippen LogP contribution in [-0.4, -0.2) is 22.8 Å². The molecule has 2 bridgehead atoms. The average molecular weight is 239 g/mol. The minimum atomic E-state index is -0.494. The third-order valence-corrected chi connectivity index (χ3v) is 4.66. The number of nitrogens with one attached hydrogen (secondary N) is 1. The standard InChI is InChI=1S/C15H29NO/c1-11(5-4-8-15(2,3)17)16-14-10-12-6-7-13(14)9-12/h11-14,16-17H,4-10H2,1-3H3/t11-,12+,13+,14-/m1/s1. The van der Waals surface area contributed by atoms with Gasteiger partial charge in [0.2, 0.25) is 0 Å². The molecule has 2 nitrogen and oxygen atoms in total. The minimum absolute atomic E-state index is 0.494. The van der Waals surface area contributed by atoms with Gasteiger partial charge in [-0.3, -0.25) is 0 Å². The molecular formula is C15H29NO. The zero-order chi connectivity index (χ0) is 12.5. The van der Waals surface area contributed by atoms with Crippen LogP contribution in [0.3, 0.4) is 0 Å². The van der Waals surface area contributed by atoms with E-state index >= 15 is 0 Å². The highest BCUT2D eigenvalue weighted by Crippen LogP contribution is 2.44. The summed E-state index contributed by atoms with van der Waals surface area (Å²) in [6, 6.07) is 1.41. The van der Waals surface area contributed by atoms with Gasteiger partial charge in [0, 0.05) is 12.1 Å². The molecule has 0 aliphatic heterocycles. The Kier molecular flexibility index (Phi) is 4.14. The summed E-state index contributed by atoms with van der Waals surface area (Å²) in [4.78, 5) is 0. The largest absolute Gasteiger partial charge is 0.390 e. The molecule has 100 valence electrons. The molecule has 2 N–H and O–H groups in total. The van der Waals surface area contributed by atoms with Gasteiger partial charge in [0.1, 0.15) is 0 Å². The number of aliphatic hydroxyl groups is 1. The lowest BCUT2D eigenvalue weighted by molar-refractivity contribution is 0.0673. The van der Waals surface area contributed by atoms with Crippen molar-refractivity contribution in [1.82, 2.24) is 5.32 Å². The zero-order valence-electron chi connectivity index (χ0n) is 11.7. The van der Waals surface area contributed by atoms with E-state index in [-0.39, 0.29) is 0 Å². The van der Waals surface area contributed by atoms with Crippen molar-refractivity contribution in [1.29, 1.82) is 0 Å². The molecule has 2 heteroatoms. The topological polar surface area (TPSA) is 32.3 Å². The first-order valence-corrected chi connectivity index (χ1v) is 7.42. The minimum Gasteiger partial charge on any atom is -0.390 e. The van der Waals surface area contributed by atoms with Crippen LogP contribution in [0, 0.1) is 11.8 Å². The van der Waals surface area contributed by atoms with Gasteiger partial charge in [-0.2, -0.15) is 0 Å². The number of hydrogen-bond acceptors (Lipinski definition) is 2. The maximum atomic E-state index is 9.68. The van der Waals surface area contributed by atoms with Crippen LogP contribution in [0.1, 0.15) is 65.7 Å². The van der Waals surface area contributed by atoms with Gasteiger partial charge >= 0.3 is 0 Å². The van der Waals surface area contributed by atoms with E-state index < -0.39 is 5.60 Å². The lowest BCUT2D eigenvalue weighted by Gasteiger charge is -2.27. The van der Waals surface area contributed by atoms with Crippen LogP contribution in [-0.2, 0) is 0 Å². The van der Waals surface area contributed by atoms with Gasteiger partial charge in [0.05, 0.1) is 5.60 Å². The van der Waals surface area contributed by atoms with E-state index in [1.54, 1.807) is 0 Å². The summed E-state index contributed by atoms with van der Waals surface area (Å²) in [5, 5.41) is 13.5. The average Bonchev–Trinajstić information content (AvgIpc) is 2.76. The molecule has 0 amide bonds. The Hall–Kier alpha value is -0.0800. The molecule has 2 rings (SSSR count). The highest BCUT2D eigenvalue weighted by atomic mass is 16.3. The molecule has 0 saturated heterocycles. The Balaban J connectivity index is 1.63. The van der Waals surface area contributed by atoms with Crippen molar-refractivity contribution in [2.45, 2.75) is 83.4 Å². The third kappa shape index (κ3) is 3.96. The Labute approximate surface area is 106 Å². The Bertz CT molecular complexity index is 246.